The van der Waals surface area contributed by atoms with Crippen molar-refractivity contribution in [1.29, 1.82) is 0 Å². The van der Waals surface area contributed by atoms with E-state index in [1.807, 2.05) is 30.6 Å². The van der Waals surface area contributed by atoms with Crippen LogP contribution in [0.1, 0.15) is 11.1 Å². The summed E-state index contributed by atoms with van der Waals surface area (Å²) >= 11 is 3.48. The standard InChI is InChI=1S/C14H15BrN2/c15-14-3-1-2-12(10-14)4-9-17-11-13-5-7-16-8-6-13/h1-3,5-8,10,17H,4,9,11H2. The van der Waals surface area contributed by atoms with Gasteiger partial charge < -0.3 is 5.32 Å². The summed E-state index contributed by atoms with van der Waals surface area (Å²) in [5.41, 5.74) is 2.62. The molecular weight excluding hydrogens is 276 g/mol. The van der Waals surface area contributed by atoms with E-state index in [0.717, 1.165) is 24.0 Å². The molecule has 1 aromatic heterocycles. The van der Waals surface area contributed by atoms with Gasteiger partial charge in [-0.3, -0.25) is 4.98 Å². The molecule has 17 heavy (non-hydrogen) atoms. The fraction of sp³-hybridized carbons (Fsp3) is 0.214. The Balaban J connectivity index is 1.73. The average Bonchev–Trinajstić information content (AvgIpc) is 2.36. The summed E-state index contributed by atoms with van der Waals surface area (Å²) < 4.78 is 1.14. The van der Waals surface area contributed by atoms with Crippen molar-refractivity contribution in [2.75, 3.05) is 6.54 Å². The van der Waals surface area contributed by atoms with Gasteiger partial charge in [0.25, 0.3) is 0 Å². The highest BCUT2D eigenvalue weighted by Crippen LogP contribution is 2.11. The van der Waals surface area contributed by atoms with Crippen LogP contribution < -0.4 is 5.32 Å². The van der Waals surface area contributed by atoms with Crippen LogP contribution >= 0.6 is 15.9 Å². The third-order valence-electron chi connectivity index (χ3n) is 2.56. The lowest BCUT2D eigenvalue weighted by Gasteiger charge is -2.05. The number of nitrogens with one attached hydrogen (secondary N) is 1. The van der Waals surface area contributed by atoms with Crippen molar-refractivity contribution in [2.45, 2.75) is 13.0 Å². The summed E-state index contributed by atoms with van der Waals surface area (Å²) in [6.45, 7) is 1.88. The first-order chi connectivity index (χ1) is 8.34. The molecule has 2 aromatic rings. The minimum absolute atomic E-state index is 0.899. The van der Waals surface area contributed by atoms with E-state index >= 15 is 0 Å². The fourth-order valence-corrected chi connectivity index (χ4v) is 2.11. The second kappa shape index (κ2) is 6.52. The molecule has 0 bridgehead atoms. The molecule has 1 N–H and O–H groups in total. The SMILES string of the molecule is Brc1cccc(CCNCc2ccncc2)c1. The Morgan fingerprint density at radius 1 is 1.06 bits per heavy atom. The summed E-state index contributed by atoms with van der Waals surface area (Å²) in [4.78, 5) is 4.00. The van der Waals surface area contributed by atoms with Crippen LogP contribution in [0, 0.1) is 0 Å². The summed E-state index contributed by atoms with van der Waals surface area (Å²) in [5, 5.41) is 3.43. The third-order valence-corrected chi connectivity index (χ3v) is 3.05. The van der Waals surface area contributed by atoms with Crippen LogP contribution in [0.3, 0.4) is 0 Å². The summed E-state index contributed by atoms with van der Waals surface area (Å²) in [6, 6.07) is 12.5. The number of aromatic nitrogens is 1. The van der Waals surface area contributed by atoms with Crippen molar-refractivity contribution in [3.8, 4) is 0 Å². The van der Waals surface area contributed by atoms with Crippen molar-refractivity contribution >= 4 is 15.9 Å². The van der Waals surface area contributed by atoms with Gasteiger partial charge in [-0.2, -0.15) is 0 Å². The quantitative estimate of drug-likeness (QED) is 0.856. The number of benzene rings is 1. The Labute approximate surface area is 110 Å². The second-order valence-electron chi connectivity index (χ2n) is 3.91. The number of nitrogens with zero attached hydrogens (tertiary/aromatic N) is 1. The first-order valence-corrected chi connectivity index (χ1v) is 6.48. The molecule has 0 aliphatic heterocycles. The Kier molecular flexibility index (Phi) is 4.71. The molecule has 1 aromatic carbocycles. The first-order valence-electron chi connectivity index (χ1n) is 5.68. The zero-order valence-corrected chi connectivity index (χ0v) is 11.2. The highest BCUT2D eigenvalue weighted by atomic mass is 79.9. The molecule has 0 amide bonds. The van der Waals surface area contributed by atoms with Gasteiger partial charge in [-0.1, -0.05) is 28.1 Å². The number of halogens is 1. The van der Waals surface area contributed by atoms with Gasteiger partial charge in [0, 0.05) is 23.4 Å². The fourth-order valence-electron chi connectivity index (χ4n) is 1.66. The Morgan fingerprint density at radius 3 is 2.65 bits per heavy atom. The lowest BCUT2D eigenvalue weighted by Crippen LogP contribution is -2.16. The molecule has 88 valence electrons. The number of hydrogen-bond donors (Lipinski definition) is 1. The van der Waals surface area contributed by atoms with E-state index < -0.39 is 0 Å². The molecule has 1 heterocycles. The van der Waals surface area contributed by atoms with Crippen molar-refractivity contribution in [2.24, 2.45) is 0 Å². The van der Waals surface area contributed by atoms with Crippen molar-refractivity contribution < 1.29 is 0 Å². The van der Waals surface area contributed by atoms with E-state index in [1.165, 1.54) is 11.1 Å². The van der Waals surface area contributed by atoms with Gasteiger partial charge in [-0.25, -0.2) is 0 Å². The maximum atomic E-state index is 4.00. The predicted molar refractivity (Wildman–Crippen MR) is 73.8 cm³/mol. The van der Waals surface area contributed by atoms with Crippen LogP contribution in [0.4, 0.5) is 0 Å². The van der Waals surface area contributed by atoms with Crippen molar-refractivity contribution in [1.82, 2.24) is 10.3 Å². The molecule has 0 spiro atoms. The van der Waals surface area contributed by atoms with E-state index in [4.69, 9.17) is 0 Å². The smallest absolute Gasteiger partial charge is 0.0271 e. The van der Waals surface area contributed by atoms with E-state index in [1.54, 1.807) is 0 Å². The van der Waals surface area contributed by atoms with Gasteiger partial charge in [0.2, 0.25) is 0 Å². The van der Waals surface area contributed by atoms with Crippen LogP contribution in [0.2, 0.25) is 0 Å². The summed E-state index contributed by atoms with van der Waals surface area (Å²) in [5.74, 6) is 0. The first kappa shape index (κ1) is 12.3. The highest BCUT2D eigenvalue weighted by Gasteiger charge is 1.95. The third kappa shape index (κ3) is 4.29. The molecular formula is C14H15BrN2. The monoisotopic (exact) mass is 290 g/mol. The molecule has 2 nitrogen and oxygen atoms in total. The Bertz CT molecular complexity index is 457. The van der Waals surface area contributed by atoms with Gasteiger partial charge in [0.05, 0.1) is 0 Å². The predicted octanol–water partition coefficient (Wildman–Crippen LogP) is 3.18. The van der Waals surface area contributed by atoms with Gasteiger partial charge in [0.15, 0.2) is 0 Å². The van der Waals surface area contributed by atoms with Crippen LogP contribution in [-0.2, 0) is 13.0 Å². The molecule has 0 saturated carbocycles. The number of pyridine rings is 1. The lowest BCUT2D eigenvalue weighted by atomic mass is 10.1. The molecule has 0 fully saturated rings. The van der Waals surface area contributed by atoms with Gasteiger partial charge in [-0.05, 0) is 48.4 Å². The lowest BCUT2D eigenvalue weighted by molar-refractivity contribution is 0.686. The van der Waals surface area contributed by atoms with Crippen LogP contribution in [-0.4, -0.2) is 11.5 Å². The van der Waals surface area contributed by atoms with Gasteiger partial charge in [-0.15, -0.1) is 0 Å². The molecule has 0 unspecified atom stereocenters. The highest BCUT2D eigenvalue weighted by molar-refractivity contribution is 9.10. The van der Waals surface area contributed by atoms with E-state index in [9.17, 15) is 0 Å². The van der Waals surface area contributed by atoms with Crippen LogP contribution in [0.5, 0.6) is 0 Å². The molecule has 0 radical (unpaired) electrons. The average molecular weight is 291 g/mol. The number of rotatable bonds is 5. The molecule has 2 rings (SSSR count). The zero-order chi connectivity index (χ0) is 11.9. The number of hydrogen-bond acceptors (Lipinski definition) is 2. The topological polar surface area (TPSA) is 24.9 Å². The van der Waals surface area contributed by atoms with Crippen molar-refractivity contribution in [3.05, 3.63) is 64.4 Å². The second-order valence-corrected chi connectivity index (χ2v) is 4.83. The summed E-state index contributed by atoms with van der Waals surface area (Å²) in [6.07, 6.45) is 4.70. The summed E-state index contributed by atoms with van der Waals surface area (Å²) in [7, 11) is 0. The minimum Gasteiger partial charge on any atom is -0.312 e. The maximum Gasteiger partial charge on any atom is 0.0271 e. The maximum absolute atomic E-state index is 4.00. The van der Waals surface area contributed by atoms with E-state index in [-0.39, 0.29) is 0 Å². The van der Waals surface area contributed by atoms with Crippen LogP contribution in [0.15, 0.2) is 53.3 Å². The zero-order valence-electron chi connectivity index (χ0n) is 9.57. The van der Waals surface area contributed by atoms with E-state index in [0.29, 0.717) is 0 Å². The Morgan fingerprint density at radius 2 is 1.88 bits per heavy atom. The molecule has 0 aliphatic carbocycles. The molecule has 0 aliphatic rings. The molecule has 0 saturated heterocycles. The molecule has 3 heteroatoms. The Hall–Kier alpha value is -1.19. The minimum atomic E-state index is 0.899. The largest absolute Gasteiger partial charge is 0.312 e. The normalized spacial score (nSPS) is 10.4. The molecule has 0 atom stereocenters. The van der Waals surface area contributed by atoms with E-state index in [2.05, 4.69) is 44.4 Å². The van der Waals surface area contributed by atoms with Crippen LogP contribution in [0.25, 0.3) is 0 Å². The van der Waals surface area contributed by atoms with Crippen molar-refractivity contribution in [3.63, 3.8) is 0 Å². The van der Waals surface area contributed by atoms with Gasteiger partial charge >= 0.3 is 0 Å². The van der Waals surface area contributed by atoms with Gasteiger partial charge in [0.1, 0.15) is 0 Å².